The van der Waals surface area contributed by atoms with Crippen LogP contribution in [0, 0.1) is 0 Å². The molecule has 4 nitrogen and oxygen atoms in total. The minimum atomic E-state index is -0.377. The average molecular weight is 188 g/mol. The summed E-state index contributed by atoms with van der Waals surface area (Å²) in [5, 5.41) is 0. The van der Waals surface area contributed by atoms with E-state index in [2.05, 4.69) is 9.97 Å². The third-order valence-corrected chi connectivity index (χ3v) is 1.69. The molecule has 2 aromatic rings. The number of carbonyl (C=O) groups excluding carboxylic acids is 1. The molecule has 2 heterocycles. The van der Waals surface area contributed by atoms with Gasteiger partial charge in [-0.05, 0) is 18.2 Å². The van der Waals surface area contributed by atoms with E-state index in [1.54, 1.807) is 43.0 Å². The van der Waals surface area contributed by atoms with E-state index in [-0.39, 0.29) is 5.97 Å². The largest absolute Gasteiger partial charge is 0.423 e. The molecule has 0 aliphatic heterocycles. The molecule has 0 atom stereocenters. The lowest BCUT2D eigenvalue weighted by molar-refractivity contribution is 0.0735. The number of hydrogen-bond acceptors (Lipinski definition) is 3. The van der Waals surface area contributed by atoms with Gasteiger partial charge >= 0.3 is 5.97 Å². The number of rotatable bonds is 2. The molecule has 0 aromatic carbocycles. The summed E-state index contributed by atoms with van der Waals surface area (Å²) in [5.41, 5.74) is 0.502. The lowest BCUT2D eigenvalue weighted by Gasteiger charge is -2.00. The fourth-order valence-corrected chi connectivity index (χ4v) is 1.02. The van der Waals surface area contributed by atoms with Crippen LogP contribution in [0.2, 0.25) is 0 Å². The Morgan fingerprint density at radius 1 is 1.29 bits per heavy atom. The second-order valence-electron chi connectivity index (χ2n) is 2.67. The summed E-state index contributed by atoms with van der Waals surface area (Å²) in [6.45, 7) is 0. The molecule has 2 rings (SSSR count). The first kappa shape index (κ1) is 8.50. The average Bonchev–Trinajstić information content (AvgIpc) is 2.72. The molecule has 14 heavy (non-hydrogen) atoms. The van der Waals surface area contributed by atoms with Crippen LogP contribution < -0.4 is 4.74 Å². The Bertz CT molecular complexity index is 409. The molecule has 0 spiro atoms. The molecule has 0 unspecified atom stereocenters. The van der Waals surface area contributed by atoms with Gasteiger partial charge in [0.15, 0.2) is 0 Å². The summed E-state index contributed by atoms with van der Waals surface area (Å²) in [6.07, 6.45) is 6.39. The minimum absolute atomic E-state index is 0.377. The predicted octanol–water partition coefficient (Wildman–Crippen LogP) is 1.63. The standard InChI is InChI=1S/C10H8N2O2/c13-10(8-1-4-12-7-8)14-9-2-5-11-6-3-9/h1-7,12H. The van der Waals surface area contributed by atoms with Crippen LogP contribution in [0.1, 0.15) is 10.4 Å². The molecule has 0 saturated carbocycles. The van der Waals surface area contributed by atoms with Crippen LogP contribution in [0.25, 0.3) is 0 Å². The molecule has 0 bridgehead atoms. The Balaban J connectivity index is 2.10. The normalized spacial score (nSPS) is 9.71. The number of aromatic nitrogens is 2. The van der Waals surface area contributed by atoms with Gasteiger partial charge in [-0.3, -0.25) is 4.98 Å². The van der Waals surface area contributed by atoms with E-state index in [9.17, 15) is 4.79 Å². The molecular formula is C10H8N2O2. The van der Waals surface area contributed by atoms with Gasteiger partial charge in [0.05, 0.1) is 5.56 Å². The van der Waals surface area contributed by atoms with Crippen molar-refractivity contribution in [3.63, 3.8) is 0 Å². The van der Waals surface area contributed by atoms with Gasteiger partial charge < -0.3 is 9.72 Å². The Morgan fingerprint density at radius 2 is 2.07 bits per heavy atom. The van der Waals surface area contributed by atoms with E-state index >= 15 is 0 Å². The number of esters is 1. The van der Waals surface area contributed by atoms with Crippen LogP contribution >= 0.6 is 0 Å². The zero-order valence-electron chi connectivity index (χ0n) is 7.31. The van der Waals surface area contributed by atoms with Gasteiger partial charge in [-0.25, -0.2) is 4.79 Å². The monoisotopic (exact) mass is 188 g/mol. The van der Waals surface area contributed by atoms with Crippen molar-refractivity contribution in [1.82, 2.24) is 9.97 Å². The first-order chi connectivity index (χ1) is 6.86. The molecule has 1 N–H and O–H groups in total. The van der Waals surface area contributed by atoms with Crippen LogP contribution in [0.4, 0.5) is 0 Å². The fourth-order valence-electron chi connectivity index (χ4n) is 1.02. The third kappa shape index (κ3) is 1.80. The van der Waals surface area contributed by atoms with E-state index in [4.69, 9.17) is 4.74 Å². The molecule has 0 aliphatic carbocycles. The van der Waals surface area contributed by atoms with Crippen molar-refractivity contribution < 1.29 is 9.53 Å². The van der Waals surface area contributed by atoms with Crippen molar-refractivity contribution in [2.45, 2.75) is 0 Å². The molecule has 2 aromatic heterocycles. The minimum Gasteiger partial charge on any atom is -0.423 e. The molecular weight excluding hydrogens is 180 g/mol. The first-order valence-electron chi connectivity index (χ1n) is 4.11. The number of H-pyrrole nitrogens is 1. The number of hydrogen-bond donors (Lipinski definition) is 1. The Morgan fingerprint density at radius 3 is 2.71 bits per heavy atom. The Hall–Kier alpha value is -2.10. The second-order valence-corrected chi connectivity index (χ2v) is 2.67. The number of nitrogens with one attached hydrogen (secondary N) is 1. The van der Waals surface area contributed by atoms with Crippen molar-refractivity contribution in [3.8, 4) is 5.75 Å². The summed E-state index contributed by atoms with van der Waals surface area (Å²) >= 11 is 0. The van der Waals surface area contributed by atoms with Crippen LogP contribution in [0.15, 0.2) is 43.0 Å². The SMILES string of the molecule is O=C(Oc1ccncc1)c1cc[nH]c1. The number of aromatic amines is 1. The number of carbonyl (C=O) groups is 1. The highest BCUT2D eigenvalue weighted by Gasteiger charge is 2.07. The molecule has 0 aliphatic rings. The first-order valence-corrected chi connectivity index (χ1v) is 4.11. The lowest BCUT2D eigenvalue weighted by Crippen LogP contribution is -2.06. The highest BCUT2D eigenvalue weighted by molar-refractivity contribution is 5.90. The predicted molar refractivity (Wildman–Crippen MR) is 50.0 cm³/mol. The summed E-state index contributed by atoms with van der Waals surface area (Å²) in [4.78, 5) is 18.0. The van der Waals surface area contributed by atoms with E-state index in [1.165, 1.54) is 0 Å². The highest BCUT2D eigenvalue weighted by atomic mass is 16.5. The fraction of sp³-hybridized carbons (Fsp3) is 0. The molecule has 0 radical (unpaired) electrons. The van der Waals surface area contributed by atoms with Crippen molar-refractivity contribution >= 4 is 5.97 Å². The Labute approximate surface area is 80.6 Å². The zero-order chi connectivity index (χ0) is 9.80. The summed E-state index contributed by atoms with van der Waals surface area (Å²) < 4.78 is 5.06. The smallest absolute Gasteiger partial charge is 0.345 e. The van der Waals surface area contributed by atoms with Gasteiger partial charge in [0.25, 0.3) is 0 Å². The van der Waals surface area contributed by atoms with Crippen molar-refractivity contribution in [2.24, 2.45) is 0 Å². The maximum atomic E-state index is 11.4. The number of nitrogens with zero attached hydrogens (tertiary/aromatic N) is 1. The molecule has 4 heteroatoms. The quantitative estimate of drug-likeness (QED) is 0.728. The number of ether oxygens (including phenoxy) is 1. The molecule has 0 amide bonds. The van der Waals surface area contributed by atoms with E-state index in [1.807, 2.05) is 0 Å². The lowest BCUT2D eigenvalue weighted by atomic mass is 10.3. The Kier molecular flexibility index (Phi) is 2.27. The molecule has 0 fully saturated rings. The molecule has 70 valence electrons. The maximum absolute atomic E-state index is 11.4. The van der Waals surface area contributed by atoms with Gasteiger partial charge in [0, 0.05) is 24.8 Å². The van der Waals surface area contributed by atoms with Gasteiger partial charge in [-0.15, -0.1) is 0 Å². The van der Waals surface area contributed by atoms with E-state index in [0.717, 1.165) is 0 Å². The van der Waals surface area contributed by atoms with Crippen LogP contribution in [0.5, 0.6) is 5.75 Å². The van der Waals surface area contributed by atoms with Crippen LogP contribution in [0.3, 0.4) is 0 Å². The topological polar surface area (TPSA) is 55.0 Å². The maximum Gasteiger partial charge on any atom is 0.345 e. The van der Waals surface area contributed by atoms with Gasteiger partial charge in [0.2, 0.25) is 0 Å². The van der Waals surface area contributed by atoms with Gasteiger partial charge in [0.1, 0.15) is 5.75 Å². The van der Waals surface area contributed by atoms with E-state index < -0.39 is 0 Å². The highest BCUT2D eigenvalue weighted by Crippen LogP contribution is 2.09. The summed E-state index contributed by atoms with van der Waals surface area (Å²) in [6, 6.07) is 4.92. The van der Waals surface area contributed by atoms with Gasteiger partial charge in [-0.2, -0.15) is 0 Å². The van der Waals surface area contributed by atoms with Gasteiger partial charge in [-0.1, -0.05) is 0 Å². The summed E-state index contributed by atoms with van der Waals surface area (Å²) in [7, 11) is 0. The second kappa shape index (κ2) is 3.74. The van der Waals surface area contributed by atoms with Crippen LogP contribution in [-0.2, 0) is 0 Å². The van der Waals surface area contributed by atoms with Crippen LogP contribution in [-0.4, -0.2) is 15.9 Å². The van der Waals surface area contributed by atoms with Crippen molar-refractivity contribution in [1.29, 1.82) is 0 Å². The van der Waals surface area contributed by atoms with E-state index in [0.29, 0.717) is 11.3 Å². The molecule has 0 saturated heterocycles. The summed E-state index contributed by atoms with van der Waals surface area (Å²) in [5.74, 6) is 0.114. The van der Waals surface area contributed by atoms with Crippen molar-refractivity contribution in [3.05, 3.63) is 48.5 Å². The third-order valence-electron chi connectivity index (χ3n) is 1.69. The zero-order valence-corrected chi connectivity index (χ0v) is 7.31. The van der Waals surface area contributed by atoms with Crippen molar-refractivity contribution in [2.75, 3.05) is 0 Å². The number of pyridine rings is 1.